The maximum atomic E-state index is 13.1. The van der Waals surface area contributed by atoms with Crippen molar-refractivity contribution in [2.45, 2.75) is 49.8 Å². The lowest BCUT2D eigenvalue weighted by molar-refractivity contribution is -0.137. The Bertz CT molecular complexity index is 1290. The number of nitrogens with zero attached hydrogens (tertiary/aromatic N) is 4. The highest BCUT2D eigenvalue weighted by molar-refractivity contribution is 7.89. The molecule has 0 saturated carbocycles. The maximum absolute atomic E-state index is 13.1. The van der Waals surface area contributed by atoms with Crippen molar-refractivity contribution < 1.29 is 26.4 Å². The van der Waals surface area contributed by atoms with Crippen LogP contribution < -0.4 is 5.32 Å². The molecule has 4 rings (SSSR count). The summed E-state index contributed by atoms with van der Waals surface area (Å²) in [4.78, 5) is 12.7. The van der Waals surface area contributed by atoms with Crippen LogP contribution in [0, 0.1) is 0 Å². The minimum Gasteiger partial charge on any atom is -0.345 e. The lowest BCUT2D eigenvalue weighted by Crippen LogP contribution is -2.42. The summed E-state index contributed by atoms with van der Waals surface area (Å²) < 4.78 is 67.7. The fraction of sp³-hybridized carbons (Fsp3) is 0.381. The number of fused-ring (bicyclic) bond motifs is 1. The summed E-state index contributed by atoms with van der Waals surface area (Å²) >= 11 is 0. The topological polar surface area (TPSA) is 96.7 Å². The largest absolute Gasteiger partial charge is 0.417 e. The number of sulfonamides is 1. The smallest absolute Gasteiger partial charge is 0.345 e. The molecular formula is C21H22F3N5O3S. The van der Waals surface area contributed by atoms with E-state index in [1.165, 1.54) is 34.6 Å². The number of rotatable bonds is 5. The van der Waals surface area contributed by atoms with Crippen LogP contribution in [-0.4, -0.2) is 45.8 Å². The highest BCUT2D eigenvalue weighted by Crippen LogP contribution is 2.29. The van der Waals surface area contributed by atoms with Gasteiger partial charge in [0, 0.05) is 24.3 Å². The minimum absolute atomic E-state index is 0.0200. The van der Waals surface area contributed by atoms with Crippen molar-refractivity contribution in [3.8, 4) is 0 Å². The van der Waals surface area contributed by atoms with Gasteiger partial charge in [-0.2, -0.15) is 17.5 Å². The lowest BCUT2D eigenvalue weighted by Gasteiger charge is -2.32. The van der Waals surface area contributed by atoms with Crippen LogP contribution in [0.4, 0.5) is 13.2 Å². The monoisotopic (exact) mass is 481 g/mol. The van der Waals surface area contributed by atoms with E-state index in [0.29, 0.717) is 6.54 Å². The Hall–Kier alpha value is -2.99. The first kappa shape index (κ1) is 23.2. The number of aromatic nitrogens is 3. The van der Waals surface area contributed by atoms with E-state index >= 15 is 0 Å². The van der Waals surface area contributed by atoms with Crippen LogP contribution in [0.2, 0.25) is 0 Å². The van der Waals surface area contributed by atoms with Crippen molar-refractivity contribution >= 4 is 21.6 Å². The number of piperidine rings is 1. The summed E-state index contributed by atoms with van der Waals surface area (Å²) in [6.07, 6.45) is -1.13. The zero-order valence-corrected chi connectivity index (χ0v) is 18.5. The molecule has 1 aromatic carbocycles. The molecule has 176 valence electrons. The van der Waals surface area contributed by atoms with E-state index in [4.69, 9.17) is 0 Å². The predicted octanol–water partition coefficient (Wildman–Crippen LogP) is 3.24. The number of amides is 1. The van der Waals surface area contributed by atoms with E-state index in [2.05, 4.69) is 15.5 Å². The number of nitrogens with one attached hydrogen (secondary N) is 1. The second-order valence-corrected chi connectivity index (χ2v) is 9.82. The van der Waals surface area contributed by atoms with Gasteiger partial charge in [-0.15, -0.1) is 10.2 Å². The molecule has 12 heteroatoms. The molecule has 8 nitrogen and oxygen atoms in total. The second-order valence-electron chi connectivity index (χ2n) is 7.93. The summed E-state index contributed by atoms with van der Waals surface area (Å²) in [5, 5.41) is 10.2. The van der Waals surface area contributed by atoms with Gasteiger partial charge in [0.25, 0.3) is 5.91 Å². The Labute approximate surface area is 188 Å². The quantitative estimate of drug-likeness (QED) is 0.604. The molecule has 1 aliphatic heterocycles. The number of benzene rings is 1. The third-order valence-electron chi connectivity index (χ3n) is 5.65. The predicted molar refractivity (Wildman–Crippen MR) is 113 cm³/mol. The number of hydrogen-bond acceptors (Lipinski definition) is 5. The minimum atomic E-state index is -4.53. The third-order valence-corrected chi connectivity index (χ3v) is 7.66. The number of carbonyl (C=O) groups is 1. The molecule has 0 spiro atoms. The number of hydrogen-bond donors (Lipinski definition) is 1. The van der Waals surface area contributed by atoms with Crippen LogP contribution in [0.15, 0.2) is 47.5 Å². The van der Waals surface area contributed by atoms with Gasteiger partial charge in [-0.05, 0) is 50.1 Å². The number of alkyl halides is 3. The molecule has 1 amide bonds. The average molecular weight is 482 g/mol. The molecule has 1 aliphatic rings. The van der Waals surface area contributed by atoms with E-state index in [0.717, 1.165) is 35.9 Å². The molecule has 0 aliphatic carbocycles. The van der Waals surface area contributed by atoms with Gasteiger partial charge in [0.2, 0.25) is 10.0 Å². The van der Waals surface area contributed by atoms with Crippen LogP contribution in [0.3, 0.4) is 0 Å². The van der Waals surface area contributed by atoms with Crippen molar-refractivity contribution in [3.63, 3.8) is 0 Å². The van der Waals surface area contributed by atoms with E-state index in [9.17, 15) is 26.4 Å². The molecule has 3 heterocycles. The Morgan fingerprint density at radius 1 is 1.18 bits per heavy atom. The first-order valence-corrected chi connectivity index (χ1v) is 11.8. The summed E-state index contributed by atoms with van der Waals surface area (Å²) in [6, 6.07) is 7.67. The molecule has 33 heavy (non-hydrogen) atoms. The number of pyridine rings is 1. The normalized spacial score (nSPS) is 17.9. The Balaban J connectivity index is 1.52. The molecule has 0 unspecified atom stereocenters. The van der Waals surface area contributed by atoms with Gasteiger partial charge in [0.05, 0.1) is 17.0 Å². The average Bonchev–Trinajstić information content (AvgIpc) is 3.19. The standard InChI is InChI=1S/C21H22F3N5O3S/c1-14-5-2-3-10-29(14)33(31,32)17-7-4-6-15(11-17)20(30)25-12-19-27-26-18-9-8-16(13-28(18)19)21(22,23)24/h4,6-9,11,13-14H,2-3,5,10,12H2,1H3,(H,25,30)/t14-/m0/s1. The molecule has 1 atom stereocenters. The summed E-state index contributed by atoms with van der Waals surface area (Å²) in [6.45, 7) is 2.10. The Morgan fingerprint density at radius 3 is 2.70 bits per heavy atom. The number of carbonyl (C=O) groups excluding carboxylic acids is 1. The van der Waals surface area contributed by atoms with Gasteiger partial charge in [-0.25, -0.2) is 8.42 Å². The van der Waals surface area contributed by atoms with E-state index in [1.807, 2.05) is 6.92 Å². The van der Waals surface area contributed by atoms with Crippen molar-refractivity contribution in [1.29, 1.82) is 0 Å². The molecule has 0 radical (unpaired) electrons. The van der Waals surface area contributed by atoms with Gasteiger partial charge in [0.1, 0.15) is 0 Å². The Morgan fingerprint density at radius 2 is 1.97 bits per heavy atom. The fourth-order valence-corrected chi connectivity index (χ4v) is 5.60. The van der Waals surface area contributed by atoms with Crippen LogP contribution >= 0.6 is 0 Å². The van der Waals surface area contributed by atoms with Crippen molar-refractivity contribution in [2.24, 2.45) is 0 Å². The van der Waals surface area contributed by atoms with E-state index in [1.54, 1.807) is 0 Å². The van der Waals surface area contributed by atoms with Gasteiger partial charge in [0.15, 0.2) is 11.5 Å². The first-order chi connectivity index (χ1) is 15.6. The van der Waals surface area contributed by atoms with Crippen LogP contribution in [0.1, 0.15) is 47.9 Å². The highest BCUT2D eigenvalue weighted by Gasteiger charge is 2.32. The lowest BCUT2D eigenvalue weighted by atomic mass is 10.1. The van der Waals surface area contributed by atoms with Crippen molar-refractivity contribution in [3.05, 3.63) is 59.5 Å². The Kier molecular flexibility index (Phi) is 6.14. The van der Waals surface area contributed by atoms with Crippen LogP contribution in [0.25, 0.3) is 5.65 Å². The van der Waals surface area contributed by atoms with E-state index < -0.39 is 27.7 Å². The molecular weight excluding hydrogens is 459 g/mol. The van der Waals surface area contributed by atoms with E-state index in [-0.39, 0.29) is 34.5 Å². The highest BCUT2D eigenvalue weighted by atomic mass is 32.2. The molecule has 1 fully saturated rings. The molecule has 1 N–H and O–H groups in total. The zero-order valence-electron chi connectivity index (χ0n) is 17.7. The van der Waals surface area contributed by atoms with Crippen molar-refractivity contribution in [1.82, 2.24) is 24.2 Å². The van der Waals surface area contributed by atoms with Crippen molar-refractivity contribution in [2.75, 3.05) is 6.54 Å². The second kappa shape index (κ2) is 8.75. The SMILES string of the molecule is C[C@H]1CCCCN1S(=O)(=O)c1cccc(C(=O)NCc2nnc3ccc(C(F)(F)F)cn23)c1. The third kappa shape index (κ3) is 4.71. The van der Waals surface area contributed by atoms with Gasteiger partial charge < -0.3 is 5.32 Å². The van der Waals surface area contributed by atoms with Gasteiger partial charge in [-0.3, -0.25) is 9.20 Å². The molecule has 3 aromatic rings. The van der Waals surface area contributed by atoms with Crippen LogP contribution in [0.5, 0.6) is 0 Å². The maximum Gasteiger partial charge on any atom is 0.417 e. The summed E-state index contributed by atoms with van der Waals surface area (Å²) in [5.74, 6) is -0.474. The summed E-state index contributed by atoms with van der Waals surface area (Å²) in [7, 11) is -3.75. The zero-order chi connectivity index (χ0) is 23.8. The number of halogens is 3. The molecule has 0 bridgehead atoms. The van der Waals surface area contributed by atoms with Gasteiger partial charge >= 0.3 is 6.18 Å². The fourth-order valence-electron chi connectivity index (χ4n) is 3.85. The molecule has 2 aromatic heterocycles. The van der Waals surface area contributed by atoms with Gasteiger partial charge in [-0.1, -0.05) is 12.5 Å². The molecule has 1 saturated heterocycles. The summed E-state index contributed by atoms with van der Waals surface area (Å²) in [5.41, 5.74) is -0.547. The first-order valence-electron chi connectivity index (χ1n) is 10.4. The van der Waals surface area contributed by atoms with Crippen LogP contribution in [-0.2, 0) is 22.7 Å².